The van der Waals surface area contributed by atoms with E-state index >= 15 is 0 Å². The van der Waals surface area contributed by atoms with Gasteiger partial charge in [-0.2, -0.15) is 0 Å². The van der Waals surface area contributed by atoms with Crippen LogP contribution in [0.2, 0.25) is 0 Å². The molecular weight excluding hydrogens is 338 g/mol. The molecule has 0 fully saturated rings. The number of ether oxygens (including phenoxy) is 3. The summed E-state index contributed by atoms with van der Waals surface area (Å²) >= 11 is 0. The molecule has 0 aliphatic carbocycles. The molecule has 0 radical (unpaired) electrons. The molecule has 0 spiro atoms. The fourth-order valence-corrected chi connectivity index (χ4v) is 1.77. The molecule has 0 aromatic rings. The zero-order valence-electron chi connectivity index (χ0n) is 14.3. The predicted octanol–water partition coefficient (Wildman–Crippen LogP) is -2.10. The number of hydrogen-bond acceptors (Lipinski definition) is 10. The maximum absolute atomic E-state index is 11.5. The van der Waals surface area contributed by atoms with E-state index in [0.717, 1.165) is 0 Å². The molecule has 0 amide bonds. The summed E-state index contributed by atoms with van der Waals surface area (Å²) in [6.07, 6.45) is -0.289. The lowest BCUT2D eigenvalue weighted by Crippen LogP contribution is -2.28. The molecule has 0 heterocycles. The number of nitrogens with one attached hydrogen (secondary N) is 1. The Bertz CT molecular complexity index is 350. The molecule has 0 aromatic carbocycles. The van der Waals surface area contributed by atoms with Crippen LogP contribution in [-0.2, 0) is 23.8 Å². The summed E-state index contributed by atoms with van der Waals surface area (Å²) in [5, 5.41) is 38.1. The molecule has 0 aliphatic rings. The smallest absolute Gasteiger partial charge is 0.306 e. The Morgan fingerprint density at radius 1 is 0.800 bits per heavy atom. The van der Waals surface area contributed by atoms with Gasteiger partial charge in [0.15, 0.2) is 0 Å². The SMILES string of the molecule is O=C(CCCNCCCC(=O)OC(CO)COCO)OC(CO)CO. The van der Waals surface area contributed by atoms with Gasteiger partial charge in [0.2, 0.25) is 0 Å². The second-order valence-electron chi connectivity index (χ2n) is 5.23. The summed E-state index contributed by atoms with van der Waals surface area (Å²) in [4.78, 5) is 22.9. The topological polar surface area (TPSA) is 155 Å². The van der Waals surface area contributed by atoms with Crippen molar-refractivity contribution in [2.45, 2.75) is 37.9 Å². The maximum atomic E-state index is 11.5. The minimum absolute atomic E-state index is 0.0689. The van der Waals surface area contributed by atoms with E-state index in [2.05, 4.69) is 10.1 Å². The third-order valence-corrected chi connectivity index (χ3v) is 3.07. The van der Waals surface area contributed by atoms with E-state index in [1.807, 2.05) is 0 Å². The van der Waals surface area contributed by atoms with Gasteiger partial charge in [-0.3, -0.25) is 9.59 Å². The van der Waals surface area contributed by atoms with Crippen molar-refractivity contribution in [1.82, 2.24) is 5.32 Å². The van der Waals surface area contributed by atoms with Crippen molar-refractivity contribution in [3.05, 3.63) is 0 Å². The molecule has 0 aliphatic heterocycles. The van der Waals surface area contributed by atoms with Crippen LogP contribution in [-0.4, -0.2) is 90.9 Å². The normalized spacial score (nSPS) is 12.2. The Kier molecular flexibility index (Phi) is 15.3. The Labute approximate surface area is 146 Å². The Morgan fingerprint density at radius 3 is 1.72 bits per heavy atom. The van der Waals surface area contributed by atoms with Crippen LogP contribution in [0.5, 0.6) is 0 Å². The quantitative estimate of drug-likeness (QED) is 0.116. The van der Waals surface area contributed by atoms with E-state index in [9.17, 15) is 9.59 Å². The summed E-state index contributed by atoms with van der Waals surface area (Å²) in [6, 6.07) is 0. The standard InChI is InChI=1S/C15H29NO9/c17-7-12(8-18)24-14(21)3-1-5-16-6-2-4-15(22)25-13(9-19)10-23-11-20/h12-13,16-20H,1-11H2. The molecule has 10 heteroatoms. The molecular formula is C15H29NO9. The predicted molar refractivity (Wildman–Crippen MR) is 85.4 cm³/mol. The maximum Gasteiger partial charge on any atom is 0.306 e. The lowest BCUT2D eigenvalue weighted by atomic mass is 10.2. The highest BCUT2D eigenvalue weighted by molar-refractivity contribution is 5.69. The van der Waals surface area contributed by atoms with Crippen molar-refractivity contribution in [1.29, 1.82) is 0 Å². The minimum Gasteiger partial charge on any atom is -0.457 e. The fourth-order valence-electron chi connectivity index (χ4n) is 1.77. The number of carbonyl (C=O) groups excluding carboxylic acids is 2. The Hall–Kier alpha value is -1.30. The average molecular weight is 367 g/mol. The highest BCUT2D eigenvalue weighted by atomic mass is 16.6. The van der Waals surface area contributed by atoms with Crippen LogP contribution >= 0.6 is 0 Å². The summed E-state index contributed by atoms with van der Waals surface area (Å²) in [6.45, 7) is -0.687. The van der Waals surface area contributed by atoms with Gasteiger partial charge in [0.25, 0.3) is 0 Å². The van der Waals surface area contributed by atoms with Gasteiger partial charge in [0.1, 0.15) is 19.0 Å². The van der Waals surface area contributed by atoms with Gasteiger partial charge in [0, 0.05) is 12.8 Å². The summed E-state index contributed by atoms with van der Waals surface area (Å²) in [7, 11) is 0. The van der Waals surface area contributed by atoms with E-state index in [-0.39, 0.29) is 26.1 Å². The third-order valence-electron chi connectivity index (χ3n) is 3.07. The first-order valence-corrected chi connectivity index (χ1v) is 8.18. The van der Waals surface area contributed by atoms with E-state index in [1.165, 1.54) is 0 Å². The number of aliphatic hydroxyl groups is 4. The van der Waals surface area contributed by atoms with Crippen LogP contribution in [0, 0.1) is 0 Å². The molecule has 0 bridgehead atoms. The first-order valence-electron chi connectivity index (χ1n) is 8.18. The van der Waals surface area contributed by atoms with Crippen molar-refractivity contribution in [3.63, 3.8) is 0 Å². The van der Waals surface area contributed by atoms with Crippen molar-refractivity contribution >= 4 is 11.9 Å². The van der Waals surface area contributed by atoms with Gasteiger partial charge in [-0.05, 0) is 25.9 Å². The van der Waals surface area contributed by atoms with Gasteiger partial charge in [0.05, 0.1) is 26.4 Å². The van der Waals surface area contributed by atoms with Crippen molar-refractivity contribution in [3.8, 4) is 0 Å². The first kappa shape index (κ1) is 23.7. The van der Waals surface area contributed by atoms with Gasteiger partial charge in [-0.15, -0.1) is 0 Å². The van der Waals surface area contributed by atoms with Gasteiger partial charge < -0.3 is 40.0 Å². The van der Waals surface area contributed by atoms with Crippen LogP contribution in [0.15, 0.2) is 0 Å². The molecule has 148 valence electrons. The first-order chi connectivity index (χ1) is 12.1. The summed E-state index contributed by atoms with van der Waals surface area (Å²) < 4.78 is 14.4. The van der Waals surface area contributed by atoms with Gasteiger partial charge >= 0.3 is 11.9 Å². The molecule has 10 nitrogen and oxygen atoms in total. The zero-order chi connectivity index (χ0) is 18.9. The average Bonchev–Trinajstić information content (AvgIpc) is 2.62. The molecule has 25 heavy (non-hydrogen) atoms. The molecule has 1 unspecified atom stereocenters. The highest BCUT2D eigenvalue weighted by Crippen LogP contribution is 2.00. The fraction of sp³-hybridized carbons (Fsp3) is 0.867. The molecule has 5 N–H and O–H groups in total. The molecule has 0 aromatic heterocycles. The minimum atomic E-state index is -0.878. The molecule has 0 saturated heterocycles. The number of aliphatic hydroxyl groups excluding tert-OH is 4. The van der Waals surface area contributed by atoms with Crippen molar-refractivity contribution in [2.24, 2.45) is 0 Å². The third kappa shape index (κ3) is 13.6. The lowest BCUT2D eigenvalue weighted by molar-refractivity contribution is -0.157. The summed E-state index contributed by atoms with van der Waals surface area (Å²) in [5.74, 6) is -0.955. The second-order valence-corrected chi connectivity index (χ2v) is 5.23. The van der Waals surface area contributed by atoms with Crippen molar-refractivity contribution in [2.75, 3.05) is 46.3 Å². The Balaban J connectivity index is 3.59. The van der Waals surface area contributed by atoms with Crippen LogP contribution < -0.4 is 5.32 Å². The number of esters is 2. The van der Waals surface area contributed by atoms with E-state index in [0.29, 0.717) is 25.9 Å². The van der Waals surface area contributed by atoms with Crippen molar-refractivity contribution < 1.29 is 44.2 Å². The van der Waals surface area contributed by atoms with Gasteiger partial charge in [-0.25, -0.2) is 0 Å². The number of hydrogen-bond donors (Lipinski definition) is 5. The molecule has 0 saturated carbocycles. The van der Waals surface area contributed by atoms with E-state index < -0.39 is 44.2 Å². The largest absolute Gasteiger partial charge is 0.457 e. The van der Waals surface area contributed by atoms with Crippen LogP contribution in [0.25, 0.3) is 0 Å². The highest BCUT2D eigenvalue weighted by Gasteiger charge is 2.14. The van der Waals surface area contributed by atoms with Gasteiger partial charge in [-0.1, -0.05) is 0 Å². The molecule has 0 rings (SSSR count). The van der Waals surface area contributed by atoms with E-state index in [4.69, 9.17) is 29.9 Å². The lowest BCUT2D eigenvalue weighted by Gasteiger charge is -2.15. The number of rotatable bonds is 16. The summed E-state index contributed by atoms with van der Waals surface area (Å²) in [5.41, 5.74) is 0. The number of carbonyl (C=O) groups is 2. The van der Waals surface area contributed by atoms with E-state index in [1.54, 1.807) is 0 Å². The van der Waals surface area contributed by atoms with Crippen LogP contribution in [0.4, 0.5) is 0 Å². The second kappa shape index (κ2) is 16.2. The van der Waals surface area contributed by atoms with Crippen LogP contribution in [0.3, 0.4) is 0 Å². The Morgan fingerprint density at radius 2 is 1.28 bits per heavy atom. The monoisotopic (exact) mass is 367 g/mol. The van der Waals surface area contributed by atoms with Crippen LogP contribution in [0.1, 0.15) is 25.7 Å². The zero-order valence-corrected chi connectivity index (χ0v) is 14.3. The molecule has 1 atom stereocenters.